The first-order valence-electron chi connectivity index (χ1n) is 8.06. The van der Waals surface area contributed by atoms with Gasteiger partial charge in [0.2, 0.25) is 23.5 Å². The first-order valence-corrected chi connectivity index (χ1v) is 8.06. The van der Waals surface area contributed by atoms with Crippen LogP contribution in [0.4, 0.5) is 0 Å². The summed E-state index contributed by atoms with van der Waals surface area (Å²) >= 11 is 0. The van der Waals surface area contributed by atoms with Gasteiger partial charge in [0.05, 0.1) is 11.3 Å². The summed E-state index contributed by atoms with van der Waals surface area (Å²) in [5, 5.41) is 3.97. The van der Waals surface area contributed by atoms with E-state index < -0.39 is 5.91 Å². The van der Waals surface area contributed by atoms with Crippen LogP contribution in [0.15, 0.2) is 16.8 Å². The number of nitrogens with zero attached hydrogens (tertiary/aromatic N) is 3. The van der Waals surface area contributed by atoms with Crippen LogP contribution in [-0.2, 0) is 4.79 Å². The number of nitrogens with one attached hydrogen (secondary N) is 1. The Kier molecular flexibility index (Phi) is 4.37. The molecule has 3 N–H and O–H groups in total. The second-order valence-electron chi connectivity index (χ2n) is 6.38. The molecule has 3 rings (SSSR count). The van der Waals surface area contributed by atoms with Crippen LogP contribution < -0.4 is 5.73 Å². The third-order valence-corrected chi connectivity index (χ3v) is 4.30. The molecule has 1 aliphatic rings. The van der Waals surface area contributed by atoms with Crippen molar-refractivity contribution in [1.82, 2.24) is 20.0 Å². The maximum Gasteiger partial charge on any atom is 0.250 e. The van der Waals surface area contributed by atoms with E-state index in [0.717, 1.165) is 12.8 Å². The third-order valence-electron chi connectivity index (χ3n) is 4.30. The highest BCUT2D eigenvalue weighted by Crippen LogP contribution is 2.29. The number of piperidine rings is 1. The molecule has 8 nitrogen and oxygen atoms in total. The number of carbonyl (C=O) groups excluding carboxylic acids is 2. The van der Waals surface area contributed by atoms with Crippen LogP contribution in [0.2, 0.25) is 0 Å². The normalized spacial score (nSPS) is 15.9. The monoisotopic (exact) mass is 331 g/mol. The van der Waals surface area contributed by atoms with E-state index in [9.17, 15) is 9.59 Å². The number of carbonyl (C=O) groups is 2. The van der Waals surface area contributed by atoms with Crippen LogP contribution in [0, 0.1) is 5.92 Å². The quantitative estimate of drug-likeness (QED) is 0.880. The molecule has 0 spiro atoms. The minimum Gasteiger partial charge on any atom is -0.366 e. The van der Waals surface area contributed by atoms with Crippen LogP contribution in [-0.4, -0.2) is 44.9 Å². The maximum absolute atomic E-state index is 12.0. The van der Waals surface area contributed by atoms with Gasteiger partial charge in [-0.2, -0.15) is 4.98 Å². The zero-order chi connectivity index (χ0) is 17.3. The molecule has 2 aromatic heterocycles. The number of nitrogens with two attached hydrogens (primary N) is 1. The molecule has 0 bridgehead atoms. The molecule has 0 aromatic carbocycles. The van der Waals surface area contributed by atoms with Crippen LogP contribution in [0.5, 0.6) is 0 Å². The van der Waals surface area contributed by atoms with Gasteiger partial charge in [-0.1, -0.05) is 19.0 Å². The molecule has 1 fully saturated rings. The summed E-state index contributed by atoms with van der Waals surface area (Å²) in [6.07, 6.45) is 3.12. The summed E-state index contributed by atoms with van der Waals surface area (Å²) < 4.78 is 5.37. The minimum atomic E-state index is -0.511. The lowest BCUT2D eigenvalue weighted by Gasteiger charge is -2.31. The molecule has 1 saturated heterocycles. The van der Waals surface area contributed by atoms with E-state index in [1.54, 1.807) is 6.07 Å². The van der Waals surface area contributed by atoms with Crippen molar-refractivity contribution >= 4 is 11.8 Å². The second kappa shape index (κ2) is 6.46. The van der Waals surface area contributed by atoms with Gasteiger partial charge in [0.15, 0.2) is 0 Å². The van der Waals surface area contributed by atoms with E-state index in [1.807, 2.05) is 18.7 Å². The Morgan fingerprint density at radius 3 is 2.67 bits per heavy atom. The Balaban J connectivity index is 1.66. The Morgan fingerprint density at radius 2 is 2.08 bits per heavy atom. The fourth-order valence-corrected chi connectivity index (χ4v) is 2.89. The van der Waals surface area contributed by atoms with Gasteiger partial charge < -0.3 is 20.1 Å². The van der Waals surface area contributed by atoms with E-state index in [4.69, 9.17) is 10.3 Å². The molecule has 0 saturated carbocycles. The highest BCUT2D eigenvalue weighted by molar-refractivity contribution is 5.93. The standard InChI is InChI=1S/C16H21N5O3/c1-9(2)16(23)21-5-3-10(4-6-21)15-19-14(20-24-15)12-7-11(8-18-12)13(17)22/h7-10,18H,3-6H2,1-2H3,(H2,17,22). The first kappa shape index (κ1) is 16.2. The minimum absolute atomic E-state index is 0.0175. The SMILES string of the molecule is CC(C)C(=O)N1CCC(c2nc(-c3cc(C(N)=O)c[nH]3)no2)CC1. The van der Waals surface area contributed by atoms with E-state index in [1.165, 1.54) is 6.20 Å². The van der Waals surface area contributed by atoms with Crippen molar-refractivity contribution in [1.29, 1.82) is 0 Å². The predicted octanol–water partition coefficient (Wildman–Crippen LogP) is 1.53. The Bertz CT molecular complexity index is 740. The van der Waals surface area contributed by atoms with Crippen molar-refractivity contribution in [3.05, 3.63) is 23.7 Å². The van der Waals surface area contributed by atoms with Crippen molar-refractivity contribution in [2.75, 3.05) is 13.1 Å². The Morgan fingerprint density at radius 1 is 1.38 bits per heavy atom. The van der Waals surface area contributed by atoms with Gasteiger partial charge in [0.1, 0.15) is 0 Å². The molecule has 1 aliphatic heterocycles. The molecule has 8 heteroatoms. The molecular weight excluding hydrogens is 310 g/mol. The molecule has 3 heterocycles. The average Bonchev–Trinajstić information content (AvgIpc) is 3.23. The average molecular weight is 331 g/mol. The summed E-state index contributed by atoms with van der Waals surface area (Å²) in [7, 11) is 0. The number of primary amides is 1. The lowest BCUT2D eigenvalue weighted by molar-refractivity contribution is -0.135. The first-order chi connectivity index (χ1) is 11.5. The lowest BCUT2D eigenvalue weighted by atomic mass is 9.96. The van der Waals surface area contributed by atoms with Gasteiger partial charge in [0.25, 0.3) is 0 Å². The molecule has 128 valence electrons. The zero-order valence-corrected chi connectivity index (χ0v) is 13.8. The number of amides is 2. The van der Waals surface area contributed by atoms with Crippen molar-refractivity contribution < 1.29 is 14.1 Å². The van der Waals surface area contributed by atoms with Gasteiger partial charge >= 0.3 is 0 Å². The van der Waals surface area contributed by atoms with Gasteiger partial charge in [-0.3, -0.25) is 9.59 Å². The van der Waals surface area contributed by atoms with Crippen molar-refractivity contribution in [3.63, 3.8) is 0 Å². The van der Waals surface area contributed by atoms with Crippen LogP contribution >= 0.6 is 0 Å². The van der Waals surface area contributed by atoms with E-state index >= 15 is 0 Å². The summed E-state index contributed by atoms with van der Waals surface area (Å²) in [5.74, 6) is 0.806. The summed E-state index contributed by atoms with van der Waals surface area (Å²) in [5.41, 5.74) is 6.19. The Labute approximate surface area is 139 Å². The number of H-pyrrole nitrogens is 1. The molecule has 0 radical (unpaired) electrons. The number of hydrogen-bond donors (Lipinski definition) is 2. The summed E-state index contributed by atoms with van der Waals surface area (Å²) in [6.45, 7) is 5.23. The molecule has 0 aliphatic carbocycles. The molecular formula is C16H21N5O3. The second-order valence-corrected chi connectivity index (χ2v) is 6.38. The fraction of sp³-hybridized carbons (Fsp3) is 0.500. The predicted molar refractivity (Wildman–Crippen MR) is 86.0 cm³/mol. The topological polar surface area (TPSA) is 118 Å². The number of hydrogen-bond acceptors (Lipinski definition) is 5. The van der Waals surface area contributed by atoms with Gasteiger partial charge in [-0.05, 0) is 18.9 Å². The number of aromatic amines is 1. The molecule has 2 amide bonds. The largest absolute Gasteiger partial charge is 0.366 e. The van der Waals surface area contributed by atoms with Crippen molar-refractivity contribution in [2.24, 2.45) is 11.7 Å². The molecule has 0 unspecified atom stereocenters. The fourth-order valence-electron chi connectivity index (χ4n) is 2.89. The highest BCUT2D eigenvalue weighted by atomic mass is 16.5. The Hall–Kier alpha value is -2.64. The summed E-state index contributed by atoms with van der Waals surface area (Å²) in [4.78, 5) is 32.4. The number of rotatable bonds is 4. The van der Waals surface area contributed by atoms with Crippen molar-refractivity contribution in [3.8, 4) is 11.5 Å². The van der Waals surface area contributed by atoms with Crippen LogP contribution in [0.25, 0.3) is 11.5 Å². The molecule has 2 aromatic rings. The van der Waals surface area contributed by atoms with Gasteiger partial charge in [-0.25, -0.2) is 0 Å². The smallest absolute Gasteiger partial charge is 0.250 e. The van der Waals surface area contributed by atoms with Gasteiger partial charge in [0, 0.05) is 31.1 Å². The van der Waals surface area contributed by atoms with Crippen LogP contribution in [0.1, 0.15) is 48.9 Å². The third kappa shape index (κ3) is 3.17. The number of likely N-dealkylation sites (tertiary alicyclic amines) is 1. The number of aromatic nitrogens is 3. The summed E-state index contributed by atoms with van der Waals surface area (Å²) in [6, 6.07) is 1.60. The molecule has 24 heavy (non-hydrogen) atoms. The van der Waals surface area contributed by atoms with Crippen molar-refractivity contribution in [2.45, 2.75) is 32.6 Å². The maximum atomic E-state index is 12.0. The highest BCUT2D eigenvalue weighted by Gasteiger charge is 2.28. The zero-order valence-electron chi connectivity index (χ0n) is 13.8. The lowest BCUT2D eigenvalue weighted by Crippen LogP contribution is -2.40. The van der Waals surface area contributed by atoms with Crippen LogP contribution in [0.3, 0.4) is 0 Å². The van der Waals surface area contributed by atoms with E-state index in [0.29, 0.717) is 36.1 Å². The molecule has 0 atom stereocenters. The van der Waals surface area contributed by atoms with E-state index in [2.05, 4.69) is 15.1 Å². The van der Waals surface area contributed by atoms with E-state index in [-0.39, 0.29) is 17.7 Å². The van der Waals surface area contributed by atoms with Gasteiger partial charge in [-0.15, -0.1) is 0 Å².